The van der Waals surface area contributed by atoms with Gasteiger partial charge in [0, 0.05) is 18.9 Å². The summed E-state index contributed by atoms with van der Waals surface area (Å²) in [6, 6.07) is -1.04. The second-order valence-corrected chi connectivity index (χ2v) is 13.1. The fourth-order valence-electron chi connectivity index (χ4n) is 6.26. The van der Waals surface area contributed by atoms with Crippen molar-refractivity contribution in [3.63, 3.8) is 0 Å². The summed E-state index contributed by atoms with van der Waals surface area (Å²) in [7, 11) is 0. The van der Waals surface area contributed by atoms with Crippen molar-refractivity contribution < 1.29 is 29.6 Å². The van der Waals surface area contributed by atoms with Gasteiger partial charge in [0.25, 0.3) is 0 Å². The van der Waals surface area contributed by atoms with Crippen LogP contribution in [0.1, 0.15) is 53.4 Å². The maximum absolute atomic E-state index is 13.7. The summed E-state index contributed by atoms with van der Waals surface area (Å²) in [5.41, 5.74) is -1.15. The first-order valence-electron chi connectivity index (χ1n) is 13.2. The molecule has 4 aliphatic heterocycles. The van der Waals surface area contributed by atoms with Gasteiger partial charge in [-0.05, 0) is 48.9 Å². The van der Waals surface area contributed by atoms with Gasteiger partial charge in [-0.25, -0.2) is 0 Å². The third kappa shape index (κ3) is 6.08. The molecular formula is C26H44N2O6S. The van der Waals surface area contributed by atoms with E-state index in [9.17, 15) is 20.1 Å². The van der Waals surface area contributed by atoms with E-state index in [1.165, 1.54) is 18.2 Å². The molecule has 4 rings (SSSR count). The molecule has 3 saturated heterocycles. The van der Waals surface area contributed by atoms with Crippen LogP contribution in [0.2, 0.25) is 0 Å². The predicted octanol–water partition coefficient (Wildman–Crippen LogP) is 1.43. The van der Waals surface area contributed by atoms with Gasteiger partial charge in [0.2, 0.25) is 5.91 Å². The van der Waals surface area contributed by atoms with E-state index in [0.29, 0.717) is 36.5 Å². The molecule has 0 aromatic carbocycles. The maximum Gasteiger partial charge on any atom is 0.240 e. The summed E-state index contributed by atoms with van der Waals surface area (Å²) in [4.78, 5) is 13.7. The number of ether oxygens (including phenoxy) is 2. The van der Waals surface area contributed by atoms with E-state index in [0.717, 1.165) is 19.4 Å². The molecule has 4 heterocycles. The predicted molar refractivity (Wildman–Crippen MR) is 136 cm³/mol. The number of allylic oxidation sites excluding steroid dienone is 1. The van der Waals surface area contributed by atoms with E-state index < -0.39 is 47.4 Å². The number of rotatable bonds is 4. The van der Waals surface area contributed by atoms with E-state index in [1.807, 2.05) is 19.9 Å². The minimum atomic E-state index is -1.35. The number of carbonyl (C=O) groups excluding carboxylic acids is 1. The molecule has 1 amide bonds. The molecule has 2 bridgehead atoms. The summed E-state index contributed by atoms with van der Waals surface area (Å²) in [5.74, 6) is 2.03. The van der Waals surface area contributed by atoms with Gasteiger partial charge in [-0.15, -0.1) is 11.8 Å². The van der Waals surface area contributed by atoms with Crippen LogP contribution in [0.3, 0.4) is 0 Å². The summed E-state index contributed by atoms with van der Waals surface area (Å²) in [6.45, 7) is 9.98. The number of aliphatic hydroxyl groups excluding tert-OH is 3. The van der Waals surface area contributed by atoms with Crippen molar-refractivity contribution in [1.29, 1.82) is 0 Å². The molecule has 10 atom stereocenters. The van der Waals surface area contributed by atoms with Crippen LogP contribution in [0.4, 0.5) is 0 Å². The highest BCUT2D eigenvalue weighted by Crippen LogP contribution is 2.39. The lowest BCUT2D eigenvalue weighted by Crippen LogP contribution is -2.67. The Balaban J connectivity index is 1.52. The summed E-state index contributed by atoms with van der Waals surface area (Å²) in [6.07, 6.45) is 3.16. The molecule has 35 heavy (non-hydrogen) atoms. The minimum absolute atomic E-state index is 0.167. The minimum Gasteiger partial charge on any atom is -0.388 e. The molecule has 8 nitrogen and oxygen atoms in total. The van der Waals surface area contributed by atoms with Crippen molar-refractivity contribution in [1.82, 2.24) is 10.6 Å². The Kier molecular flexibility index (Phi) is 8.89. The molecule has 3 fully saturated rings. The molecule has 0 aromatic rings. The highest BCUT2D eigenvalue weighted by Gasteiger charge is 2.52. The highest BCUT2D eigenvalue weighted by molar-refractivity contribution is 7.99. The van der Waals surface area contributed by atoms with Gasteiger partial charge in [-0.2, -0.15) is 0 Å². The van der Waals surface area contributed by atoms with Crippen LogP contribution in [0.15, 0.2) is 12.2 Å². The van der Waals surface area contributed by atoms with Crippen LogP contribution >= 0.6 is 11.8 Å². The second-order valence-electron chi connectivity index (χ2n) is 11.9. The van der Waals surface area contributed by atoms with E-state index in [2.05, 4.69) is 30.6 Å². The van der Waals surface area contributed by atoms with E-state index in [-0.39, 0.29) is 12.0 Å². The summed E-state index contributed by atoms with van der Waals surface area (Å²) in [5, 5.41) is 38.5. The molecule has 4 aliphatic rings. The fourth-order valence-corrected chi connectivity index (χ4v) is 7.26. The monoisotopic (exact) mass is 512 g/mol. The van der Waals surface area contributed by atoms with Gasteiger partial charge >= 0.3 is 0 Å². The molecule has 200 valence electrons. The van der Waals surface area contributed by atoms with Gasteiger partial charge in [0.1, 0.15) is 35.9 Å². The lowest BCUT2D eigenvalue weighted by molar-refractivity contribution is -0.212. The molecule has 0 aromatic heterocycles. The van der Waals surface area contributed by atoms with Gasteiger partial charge in [0.15, 0.2) is 0 Å². The first-order chi connectivity index (χ1) is 16.6. The lowest BCUT2D eigenvalue weighted by Gasteiger charge is -2.48. The van der Waals surface area contributed by atoms with Crippen molar-refractivity contribution in [2.24, 2.45) is 23.2 Å². The Hall–Kier alpha value is -0.680. The van der Waals surface area contributed by atoms with Crippen molar-refractivity contribution in [3.05, 3.63) is 12.2 Å². The average Bonchev–Trinajstić information content (AvgIpc) is 3.08. The first kappa shape index (κ1) is 27.4. The highest BCUT2D eigenvalue weighted by atomic mass is 32.2. The molecule has 0 aliphatic carbocycles. The van der Waals surface area contributed by atoms with Crippen LogP contribution in [0.25, 0.3) is 0 Å². The van der Waals surface area contributed by atoms with Crippen LogP contribution in [0.5, 0.6) is 0 Å². The van der Waals surface area contributed by atoms with Gasteiger partial charge < -0.3 is 35.4 Å². The van der Waals surface area contributed by atoms with Crippen molar-refractivity contribution in [2.45, 2.75) is 101 Å². The smallest absolute Gasteiger partial charge is 0.240 e. The summed E-state index contributed by atoms with van der Waals surface area (Å²) < 4.78 is 12.4. The zero-order chi connectivity index (χ0) is 25.3. The number of thioether (sulfide) groups is 1. The number of hydrogen-bond acceptors (Lipinski definition) is 8. The van der Waals surface area contributed by atoms with Crippen LogP contribution in [0, 0.1) is 23.2 Å². The van der Waals surface area contributed by atoms with Crippen molar-refractivity contribution in [2.75, 3.05) is 18.9 Å². The molecule has 5 N–H and O–H groups in total. The maximum atomic E-state index is 13.7. The summed E-state index contributed by atoms with van der Waals surface area (Å²) >= 11 is 1.38. The lowest BCUT2D eigenvalue weighted by atomic mass is 9.75. The number of amides is 1. The Morgan fingerprint density at radius 1 is 1.17 bits per heavy atom. The molecular weight excluding hydrogens is 468 g/mol. The molecule has 2 unspecified atom stereocenters. The number of hydrogen-bond donors (Lipinski definition) is 5. The molecule has 0 spiro atoms. The third-order valence-electron chi connectivity index (χ3n) is 8.19. The quantitative estimate of drug-likeness (QED) is 0.359. The topological polar surface area (TPSA) is 120 Å². The van der Waals surface area contributed by atoms with Crippen molar-refractivity contribution in [3.8, 4) is 0 Å². The zero-order valence-corrected chi connectivity index (χ0v) is 22.2. The van der Waals surface area contributed by atoms with Crippen LogP contribution in [-0.2, 0) is 14.3 Å². The Bertz CT molecular complexity index is 764. The SMILES string of the molecule is CC(C)C[C@@H]1CCO[C@@H]2[C@H](CN[C@@H]2C(=O)N[C@H]2[C@H]3OC(SC/C=C/CC2(C)C)[C@H](O)[C@H](O)C3O)C1. The van der Waals surface area contributed by atoms with Gasteiger partial charge in [0.05, 0.1) is 12.1 Å². The molecule has 0 radical (unpaired) electrons. The van der Waals surface area contributed by atoms with E-state index >= 15 is 0 Å². The average molecular weight is 513 g/mol. The van der Waals surface area contributed by atoms with Crippen LogP contribution in [-0.4, -0.2) is 88.2 Å². The number of nitrogens with one attached hydrogen (secondary N) is 2. The number of fused-ring (bicyclic) bond motifs is 3. The molecule has 9 heteroatoms. The number of aliphatic hydroxyl groups is 3. The Morgan fingerprint density at radius 2 is 1.94 bits per heavy atom. The normalized spacial score (nSPS) is 44.8. The van der Waals surface area contributed by atoms with Gasteiger partial charge in [-0.1, -0.05) is 39.8 Å². The largest absolute Gasteiger partial charge is 0.388 e. The first-order valence-corrected chi connectivity index (χ1v) is 14.2. The zero-order valence-electron chi connectivity index (χ0n) is 21.4. The van der Waals surface area contributed by atoms with Crippen molar-refractivity contribution >= 4 is 17.7 Å². The van der Waals surface area contributed by atoms with Crippen LogP contribution < -0.4 is 10.6 Å². The van der Waals surface area contributed by atoms with Gasteiger partial charge in [-0.3, -0.25) is 4.79 Å². The molecule has 0 saturated carbocycles. The Labute approximate surface area is 213 Å². The Morgan fingerprint density at radius 3 is 2.69 bits per heavy atom. The number of carbonyl (C=O) groups is 1. The van der Waals surface area contributed by atoms with E-state index in [1.54, 1.807) is 0 Å². The fraction of sp³-hybridized carbons (Fsp3) is 0.885. The second kappa shape index (κ2) is 11.4. The standard InChI is InChI=1S/C26H44N2O6S/c1-14(2)11-15-7-9-33-21-16(12-15)13-27-17(21)24(32)28-23-22-19(30)18(29)20(31)25(34-22)35-10-6-5-8-26(23,3)4/h5-6,14-23,25,27,29-31H,7-13H2,1-4H3,(H,28,32)/b6-5+/t15-,16-,17-,18+,19?,20+,21+,22-,23-,25?/m0/s1. The van der Waals surface area contributed by atoms with E-state index in [4.69, 9.17) is 9.47 Å². The third-order valence-corrected chi connectivity index (χ3v) is 9.30.